The van der Waals surface area contributed by atoms with Gasteiger partial charge in [0.25, 0.3) is 0 Å². The fraction of sp³-hybridized carbons (Fsp3) is 0.478. The third-order valence-electron chi connectivity index (χ3n) is 6.03. The van der Waals surface area contributed by atoms with Crippen molar-refractivity contribution >= 4 is 45.9 Å². The van der Waals surface area contributed by atoms with Crippen LogP contribution in [0.15, 0.2) is 41.3 Å². The fourth-order valence-corrected chi connectivity index (χ4v) is 5.71. The minimum absolute atomic E-state index is 0.0849. The van der Waals surface area contributed by atoms with Crippen LogP contribution in [0.25, 0.3) is 10.8 Å². The molecule has 4 rings (SSSR count). The Morgan fingerprint density at radius 2 is 1.62 bits per heavy atom. The highest BCUT2D eigenvalue weighted by Gasteiger charge is 2.30. The van der Waals surface area contributed by atoms with Crippen molar-refractivity contribution in [1.29, 1.82) is 0 Å². The lowest BCUT2D eigenvalue weighted by Crippen LogP contribution is -2.46. The van der Waals surface area contributed by atoms with E-state index in [4.69, 9.17) is 11.6 Å². The van der Waals surface area contributed by atoms with Crippen LogP contribution in [0.3, 0.4) is 0 Å². The summed E-state index contributed by atoms with van der Waals surface area (Å²) < 4.78 is 0. The Balaban J connectivity index is 1.31. The lowest BCUT2D eigenvalue weighted by atomic mass is 9.94. The number of piperidine rings is 2. The van der Waals surface area contributed by atoms with E-state index < -0.39 is 0 Å². The molecule has 0 atom stereocenters. The number of thioether (sulfide) groups is 1. The molecule has 0 saturated carbocycles. The zero-order valence-corrected chi connectivity index (χ0v) is 18.2. The van der Waals surface area contributed by atoms with Crippen LogP contribution in [0.2, 0.25) is 5.02 Å². The molecule has 154 valence electrons. The molecule has 0 bridgehead atoms. The lowest BCUT2D eigenvalue weighted by Gasteiger charge is -2.35. The van der Waals surface area contributed by atoms with Gasteiger partial charge in [0.1, 0.15) is 0 Å². The molecule has 0 spiro atoms. The molecule has 4 nitrogen and oxygen atoms in total. The summed E-state index contributed by atoms with van der Waals surface area (Å²) in [5, 5.41) is 2.82. The molecule has 2 fully saturated rings. The normalized spacial score (nSPS) is 18.2. The first-order chi connectivity index (χ1) is 14.1. The molecular weight excluding hydrogens is 404 g/mol. The van der Waals surface area contributed by atoms with Gasteiger partial charge in [-0.1, -0.05) is 35.9 Å². The first-order valence-electron chi connectivity index (χ1n) is 10.5. The SMILES string of the molecule is O=C(CSc1cccc2cccc(Cl)c12)N1CCC(C(=O)N2CCCCC2)CC1. The molecule has 0 aliphatic carbocycles. The predicted octanol–water partition coefficient (Wildman–Crippen LogP) is 4.84. The van der Waals surface area contributed by atoms with E-state index in [1.807, 2.05) is 46.2 Å². The maximum absolute atomic E-state index is 12.7. The van der Waals surface area contributed by atoms with Gasteiger partial charge in [0, 0.05) is 47.4 Å². The topological polar surface area (TPSA) is 40.6 Å². The van der Waals surface area contributed by atoms with Gasteiger partial charge in [-0.05, 0) is 49.6 Å². The highest BCUT2D eigenvalue weighted by Crippen LogP contribution is 2.33. The van der Waals surface area contributed by atoms with Crippen molar-refractivity contribution in [1.82, 2.24) is 9.80 Å². The van der Waals surface area contributed by atoms with Crippen LogP contribution >= 0.6 is 23.4 Å². The molecule has 2 aromatic carbocycles. The summed E-state index contributed by atoms with van der Waals surface area (Å²) in [5.41, 5.74) is 0. The molecule has 2 aliphatic heterocycles. The second-order valence-corrected chi connectivity index (χ2v) is 9.35. The molecule has 0 unspecified atom stereocenters. The van der Waals surface area contributed by atoms with Gasteiger partial charge >= 0.3 is 0 Å². The summed E-state index contributed by atoms with van der Waals surface area (Å²) in [6.45, 7) is 3.17. The molecule has 0 N–H and O–H groups in total. The van der Waals surface area contributed by atoms with Crippen molar-refractivity contribution < 1.29 is 9.59 Å². The zero-order chi connectivity index (χ0) is 20.2. The van der Waals surface area contributed by atoms with E-state index in [9.17, 15) is 9.59 Å². The van der Waals surface area contributed by atoms with Gasteiger partial charge < -0.3 is 9.80 Å². The monoisotopic (exact) mass is 430 g/mol. The highest BCUT2D eigenvalue weighted by atomic mass is 35.5. The summed E-state index contributed by atoms with van der Waals surface area (Å²) in [6.07, 6.45) is 5.05. The highest BCUT2D eigenvalue weighted by molar-refractivity contribution is 8.00. The van der Waals surface area contributed by atoms with E-state index in [0.717, 1.165) is 59.5 Å². The van der Waals surface area contributed by atoms with Gasteiger partial charge in [-0.2, -0.15) is 0 Å². The number of hydrogen-bond donors (Lipinski definition) is 0. The number of carbonyl (C=O) groups is 2. The first-order valence-corrected chi connectivity index (χ1v) is 11.9. The van der Waals surface area contributed by atoms with Crippen molar-refractivity contribution in [3.05, 3.63) is 41.4 Å². The maximum Gasteiger partial charge on any atom is 0.232 e. The summed E-state index contributed by atoms with van der Waals surface area (Å²) >= 11 is 7.94. The summed E-state index contributed by atoms with van der Waals surface area (Å²) in [5.74, 6) is 0.927. The second kappa shape index (κ2) is 9.40. The Labute approximate surface area is 181 Å². The lowest BCUT2D eigenvalue weighted by molar-refractivity contribution is -0.140. The number of nitrogens with zero attached hydrogens (tertiary/aromatic N) is 2. The largest absolute Gasteiger partial charge is 0.342 e. The minimum atomic E-state index is 0.0849. The molecule has 2 amide bonds. The van der Waals surface area contributed by atoms with Gasteiger partial charge in [-0.15, -0.1) is 11.8 Å². The fourth-order valence-electron chi connectivity index (χ4n) is 4.36. The molecule has 2 saturated heterocycles. The van der Waals surface area contributed by atoms with E-state index in [1.54, 1.807) is 11.8 Å². The number of benzene rings is 2. The van der Waals surface area contributed by atoms with Crippen molar-refractivity contribution in [3.8, 4) is 0 Å². The predicted molar refractivity (Wildman–Crippen MR) is 119 cm³/mol. The number of carbonyl (C=O) groups excluding carboxylic acids is 2. The molecule has 6 heteroatoms. The average Bonchev–Trinajstić information content (AvgIpc) is 2.78. The number of amides is 2. The van der Waals surface area contributed by atoms with Crippen molar-refractivity contribution in [2.75, 3.05) is 31.9 Å². The smallest absolute Gasteiger partial charge is 0.232 e. The zero-order valence-electron chi connectivity index (χ0n) is 16.6. The molecular formula is C23H27ClN2O2S. The van der Waals surface area contributed by atoms with Gasteiger partial charge in [0.05, 0.1) is 5.75 Å². The number of halogens is 1. The van der Waals surface area contributed by atoms with E-state index in [1.165, 1.54) is 6.42 Å². The third-order valence-corrected chi connectivity index (χ3v) is 7.39. The van der Waals surface area contributed by atoms with Crippen LogP contribution in [0, 0.1) is 5.92 Å². The van der Waals surface area contributed by atoms with Crippen LogP contribution in [0.5, 0.6) is 0 Å². The standard InChI is InChI=1S/C23H27ClN2O2S/c24-19-8-4-6-17-7-5-9-20(22(17)19)29-16-21(27)25-14-10-18(11-15-25)23(28)26-12-2-1-3-13-26/h4-9,18H,1-3,10-16H2. The van der Waals surface area contributed by atoms with E-state index in [2.05, 4.69) is 0 Å². The Morgan fingerprint density at radius 3 is 2.34 bits per heavy atom. The quantitative estimate of drug-likeness (QED) is 0.652. The van der Waals surface area contributed by atoms with Gasteiger partial charge in [-0.25, -0.2) is 0 Å². The Bertz CT molecular complexity index is 884. The summed E-state index contributed by atoms with van der Waals surface area (Å²) in [7, 11) is 0. The van der Waals surface area contributed by atoms with Crippen LogP contribution in [0.4, 0.5) is 0 Å². The number of hydrogen-bond acceptors (Lipinski definition) is 3. The maximum atomic E-state index is 12.7. The first kappa shape index (κ1) is 20.5. The van der Waals surface area contributed by atoms with E-state index >= 15 is 0 Å². The van der Waals surface area contributed by atoms with Crippen molar-refractivity contribution in [2.45, 2.75) is 37.0 Å². The van der Waals surface area contributed by atoms with Crippen molar-refractivity contribution in [3.63, 3.8) is 0 Å². The molecule has 2 heterocycles. The average molecular weight is 431 g/mol. The second-order valence-electron chi connectivity index (χ2n) is 7.92. The van der Waals surface area contributed by atoms with E-state index in [-0.39, 0.29) is 11.8 Å². The van der Waals surface area contributed by atoms with Crippen LogP contribution in [-0.2, 0) is 9.59 Å². The van der Waals surface area contributed by atoms with Crippen LogP contribution in [-0.4, -0.2) is 53.5 Å². The molecule has 0 radical (unpaired) electrons. The van der Waals surface area contributed by atoms with Gasteiger partial charge in [0.2, 0.25) is 11.8 Å². The van der Waals surface area contributed by atoms with Gasteiger partial charge in [0.15, 0.2) is 0 Å². The summed E-state index contributed by atoms with van der Waals surface area (Å²) in [4.78, 5) is 30.4. The molecule has 0 aromatic heterocycles. The number of fused-ring (bicyclic) bond motifs is 1. The molecule has 29 heavy (non-hydrogen) atoms. The number of rotatable bonds is 4. The number of likely N-dealkylation sites (tertiary alicyclic amines) is 2. The van der Waals surface area contributed by atoms with Crippen molar-refractivity contribution in [2.24, 2.45) is 5.92 Å². The Hall–Kier alpha value is -1.72. The molecule has 2 aromatic rings. The Kier molecular flexibility index (Phi) is 6.66. The van der Waals surface area contributed by atoms with E-state index in [0.29, 0.717) is 24.7 Å². The summed E-state index contributed by atoms with van der Waals surface area (Å²) in [6, 6.07) is 11.9. The Morgan fingerprint density at radius 1 is 0.931 bits per heavy atom. The third kappa shape index (κ3) is 4.72. The van der Waals surface area contributed by atoms with Crippen LogP contribution < -0.4 is 0 Å². The van der Waals surface area contributed by atoms with Crippen LogP contribution in [0.1, 0.15) is 32.1 Å². The minimum Gasteiger partial charge on any atom is -0.342 e. The van der Waals surface area contributed by atoms with Gasteiger partial charge in [-0.3, -0.25) is 9.59 Å². The molecule has 2 aliphatic rings.